The van der Waals surface area contributed by atoms with Gasteiger partial charge in [-0.3, -0.25) is 0 Å². The van der Waals surface area contributed by atoms with E-state index in [0.717, 1.165) is 11.3 Å². The van der Waals surface area contributed by atoms with Crippen molar-refractivity contribution in [3.63, 3.8) is 0 Å². The van der Waals surface area contributed by atoms with E-state index in [1.54, 1.807) is 24.3 Å². The highest BCUT2D eigenvalue weighted by molar-refractivity contribution is 6.16. The summed E-state index contributed by atoms with van der Waals surface area (Å²) in [5.74, 6) is -0.425. The normalized spacial score (nSPS) is 9.95. The second kappa shape index (κ2) is 11.6. The van der Waals surface area contributed by atoms with Crippen LogP contribution >= 0.6 is 0 Å². The number of ether oxygens (including phenoxy) is 1. The first-order valence-corrected chi connectivity index (χ1v) is 11.7. The number of rotatable bonds is 6. The largest absolute Gasteiger partial charge is 0.465 e. The van der Waals surface area contributed by atoms with Crippen molar-refractivity contribution < 1.29 is 9.53 Å². The van der Waals surface area contributed by atoms with E-state index in [4.69, 9.17) is 4.74 Å². The number of anilines is 1. The van der Waals surface area contributed by atoms with Crippen molar-refractivity contribution in [2.75, 3.05) is 26.1 Å². The number of benzene rings is 1. The van der Waals surface area contributed by atoms with E-state index < -0.39 is 5.97 Å². The van der Waals surface area contributed by atoms with Crippen LogP contribution in [0.3, 0.4) is 0 Å². The Bertz CT molecular complexity index is 1570. The Morgan fingerprint density at radius 3 is 1.87 bits per heavy atom. The summed E-state index contributed by atoms with van der Waals surface area (Å²) in [5, 5.41) is 39.8. The zero-order valence-corrected chi connectivity index (χ0v) is 21.8. The number of carbonyl (C=O) groups excluding carboxylic acids is 1. The molecule has 1 aromatic rings. The van der Waals surface area contributed by atoms with Gasteiger partial charge in [0, 0.05) is 30.9 Å². The number of nitrogens with zero attached hydrogens (tertiary/aromatic N) is 5. The van der Waals surface area contributed by atoms with Crippen LogP contribution in [0, 0.1) is 45.3 Å². The molecule has 0 atom stereocenters. The van der Waals surface area contributed by atoms with Gasteiger partial charge >= 0.3 is 5.97 Å². The molecule has 0 radical (unpaired) electrons. The van der Waals surface area contributed by atoms with Crippen LogP contribution in [0.15, 0.2) is 65.7 Å². The number of allylic oxidation sites excluding steroid dienone is 4. The van der Waals surface area contributed by atoms with E-state index in [1.807, 2.05) is 87.5 Å². The van der Waals surface area contributed by atoms with Crippen molar-refractivity contribution in [3.05, 3.63) is 88.0 Å². The van der Waals surface area contributed by atoms with Crippen LogP contribution in [0.25, 0.3) is 22.3 Å². The van der Waals surface area contributed by atoms with Gasteiger partial charge in [0.2, 0.25) is 0 Å². The fourth-order valence-electron chi connectivity index (χ4n) is 4.25. The van der Waals surface area contributed by atoms with E-state index in [1.165, 1.54) is 7.11 Å². The predicted molar refractivity (Wildman–Crippen MR) is 146 cm³/mol. The Hall–Kier alpha value is -5.37. The molecule has 0 bridgehead atoms. The van der Waals surface area contributed by atoms with E-state index in [-0.39, 0.29) is 33.8 Å². The molecule has 186 valence electrons. The number of carbonyl (C=O) groups is 1. The average molecular weight is 500 g/mol. The maximum absolute atomic E-state index is 12.9. The van der Waals surface area contributed by atoms with Crippen molar-refractivity contribution in [1.82, 2.24) is 0 Å². The second-order valence-corrected chi connectivity index (χ2v) is 9.00. The molecule has 0 spiro atoms. The number of esters is 1. The Kier molecular flexibility index (Phi) is 8.29. The Morgan fingerprint density at radius 2 is 1.37 bits per heavy atom. The lowest BCUT2D eigenvalue weighted by Gasteiger charge is -2.17. The van der Waals surface area contributed by atoms with Crippen LogP contribution in [0.1, 0.15) is 46.8 Å². The topological polar surface area (TPSA) is 125 Å². The van der Waals surface area contributed by atoms with Gasteiger partial charge in [0.15, 0.2) is 0 Å². The quantitative estimate of drug-likeness (QED) is 0.229. The number of nitriles is 4. The molecule has 7 heteroatoms. The highest BCUT2D eigenvalue weighted by Crippen LogP contribution is 2.44. The minimum absolute atomic E-state index is 0.100. The lowest BCUT2D eigenvalue weighted by Crippen LogP contribution is -2.08. The molecule has 0 amide bonds. The van der Waals surface area contributed by atoms with Crippen molar-refractivity contribution in [3.8, 4) is 35.4 Å². The first-order valence-electron chi connectivity index (χ1n) is 11.7. The van der Waals surface area contributed by atoms with Gasteiger partial charge in [-0.05, 0) is 51.9 Å². The molecule has 3 rings (SSSR count). The lowest BCUT2D eigenvalue weighted by atomic mass is 9.85. The predicted octanol–water partition coefficient (Wildman–Crippen LogP) is 6.07. The van der Waals surface area contributed by atoms with E-state index >= 15 is 0 Å². The molecular formula is C31H25N5O2. The number of hydrogen-bond donors (Lipinski definition) is 0. The standard InChI is InChI=1S/C31H25N5O2/c1-19(2)21-7-6-8-25-26(13-21)28(31(37)38-5)14-27(25)30(23(17-34)18-35)29(22(15-32)16-33)20-9-11-24(12-10-20)36(3)4/h6-14,19H,1-5H3. The van der Waals surface area contributed by atoms with Crippen LogP contribution < -0.4 is 4.90 Å². The molecule has 2 aliphatic carbocycles. The molecule has 0 aliphatic heterocycles. The molecule has 0 fully saturated rings. The summed E-state index contributed by atoms with van der Waals surface area (Å²) in [6, 6.07) is 23.8. The molecule has 2 aliphatic rings. The highest BCUT2D eigenvalue weighted by atomic mass is 16.5. The summed E-state index contributed by atoms with van der Waals surface area (Å²) in [6.07, 6.45) is 0. The smallest absolute Gasteiger partial charge is 0.338 e. The Labute approximate surface area is 222 Å². The van der Waals surface area contributed by atoms with Crippen molar-refractivity contribution in [2.24, 2.45) is 0 Å². The van der Waals surface area contributed by atoms with Gasteiger partial charge in [-0.2, -0.15) is 21.0 Å². The minimum Gasteiger partial charge on any atom is -0.465 e. The fourth-order valence-corrected chi connectivity index (χ4v) is 4.25. The van der Waals surface area contributed by atoms with Crippen LogP contribution in [0.4, 0.5) is 5.69 Å². The van der Waals surface area contributed by atoms with E-state index in [0.29, 0.717) is 22.3 Å². The zero-order chi connectivity index (χ0) is 28.0. The van der Waals surface area contributed by atoms with Crippen LogP contribution in [-0.2, 0) is 4.74 Å². The maximum atomic E-state index is 12.9. The molecule has 0 aromatic heterocycles. The molecule has 0 unspecified atom stereocenters. The third-order valence-electron chi connectivity index (χ3n) is 6.23. The zero-order valence-electron chi connectivity index (χ0n) is 21.8. The second-order valence-electron chi connectivity index (χ2n) is 9.00. The van der Waals surface area contributed by atoms with Gasteiger partial charge in [-0.25, -0.2) is 4.79 Å². The molecule has 0 saturated carbocycles. The summed E-state index contributed by atoms with van der Waals surface area (Å²) in [5.41, 5.74) is 3.79. The number of hydrogen-bond acceptors (Lipinski definition) is 7. The van der Waals surface area contributed by atoms with Crippen molar-refractivity contribution >= 4 is 22.8 Å². The van der Waals surface area contributed by atoms with E-state index in [2.05, 4.69) is 0 Å². The Balaban J connectivity index is 2.52. The maximum Gasteiger partial charge on any atom is 0.338 e. The average Bonchev–Trinajstić information content (AvgIpc) is 3.11. The van der Waals surface area contributed by atoms with Gasteiger partial charge in [-0.1, -0.05) is 50.2 Å². The van der Waals surface area contributed by atoms with Crippen LogP contribution in [0.5, 0.6) is 0 Å². The van der Waals surface area contributed by atoms with Crippen molar-refractivity contribution in [1.29, 1.82) is 21.0 Å². The highest BCUT2D eigenvalue weighted by Gasteiger charge is 2.29. The first-order chi connectivity index (χ1) is 18.2. The number of fused-ring (bicyclic) bond motifs is 1. The van der Waals surface area contributed by atoms with Gasteiger partial charge in [0.05, 0.1) is 12.7 Å². The molecule has 7 nitrogen and oxygen atoms in total. The van der Waals surface area contributed by atoms with Crippen LogP contribution in [0.2, 0.25) is 0 Å². The summed E-state index contributed by atoms with van der Waals surface area (Å²) in [4.78, 5) is 14.8. The first kappa shape index (κ1) is 27.2. The van der Waals surface area contributed by atoms with Gasteiger partial charge < -0.3 is 9.64 Å². The lowest BCUT2D eigenvalue weighted by molar-refractivity contribution is 0.0602. The number of methoxy groups -OCH3 is 1. The molecule has 0 heterocycles. The molecule has 38 heavy (non-hydrogen) atoms. The minimum atomic E-state index is -0.585. The third-order valence-corrected chi connectivity index (χ3v) is 6.23. The Morgan fingerprint density at radius 1 is 0.789 bits per heavy atom. The summed E-state index contributed by atoms with van der Waals surface area (Å²) >= 11 is 0. The SMILES string of the molecule is COC(=O)c1cc(C(=C(C#N)C#N)C(=C(C#N)C#N)c2ccc(N(C)C)cc2)c2cccc(C(C)C)cc1-2. The van der Waals surface area contributed by atoms with Crippen molar-refractivity contribution in [2.45, 2.75) is 19.8 Å². The molecular weight excluding hydrogens is 474 g/mol. The van der Waals surface area contributed by atoms with E-state index in [9.17, 15) is 25.8 Å². The summed E-state index contributed by atoms with van der Waals surface area (Å²) < 4.78 is 5.05. The molecule has 0 saturated heterocycles. The fraction of sp³-hybridized carbons (Fsp3) is 0.194. The monoisotopic (exact) mass is 499 g/mol. The van der Waals surface area contributed by atoms with Gasteiger partial charge in [0.25, 0.3) is 0 Å². The van der Waals surface area contributed by atoms with Gasteiger partial charge in [0.1, 0.15) is 35.4 Å². The third kappa shape index (κ3) is 5.10. The summed E-state index contributed by atoms with van der Waals surface area (Å²) in [7, 11) is 5.04. The molecule has 1 aromatic carbocycles. The summed E-state index contributed by atoms with van der Waals surface area (Å²) in [6.45, 7) is 4.06. The van der Waals surface area contributed by atoms with Crippen LogP contribution in [-0.4, -0.2) is 27.2 Å². The van der Waals surface area contributed by atoms with Gasteiger partial charge in [-0.15, -0.1) is 0 Å². The molecule has 0 N–H and O–H groups in total.